The van der Waals surface area contributed by atoms with Crippen LogP contribution in [0.4, 0.5) is 13.2 Å². The maximum absolute atomic E-state index is 12.4. The molecule has 0 amide bonds. The zero-order chi connectivity index (χ0) is 22.9. The minimum atomic E-state index is -4.76. The van der Waals surface area contributed by atoms with Crippen LogP contribution in [0.25, 0.3) is 34.3 Å². The number of imidazole rings is 1. The Morgan fingerprint density at radius 2 is 1.75 bits per heavy atom. The molecule has 1 aromatic heterocycles. The summed E-state index contributed by atoms with van der Waals surface area (Å²) < 4.78 is 64.9. The first-order valence-electron chi connectivity index (χ1n) is 9.24. The Kier molecular flexibility index (Phi) is 5.49. The quantitative estimate of drug-likeness (QED) is 0.441. The number of sulfonamides is 1. The van der Waals surface area contributed by atoms with Crippen LogP contribution < -0.4 is 9.88 Å². The molecular formula is C22H16F3N3O3S. The number of hydrogen-bond acceptors (Lipinski definition) is 4. The van der Waals surface area contributed by atoms with Gasteiger partial charge in [0.05, 0.1) is 15.9 Å². The molecular weight excluding hydrogens is 443 g/mol. The number of nitrogens with two attached hydrogens (primary N) is 1. The fraction of sp³-hybridized carbons (Fsp3) is 0.0455. The van der Waals surface area contributed by atoms with E-state index < -0.39 is 16.4 Å². The minimum Gasteiger partial charge on any atom is -0.406 e. The van der Waals surface area contributed by atoms with Crippen molar-refractivity contribution in [3.05, 3.63) is 78.1 Å². The van der Waals surface area contributed by atoms with E-state index in [0.29, 0.717) is 33.5 Å². The number of fused-ring (bicyclic) bond motifs is 1. The van der Waals surface area contributed by atoms with Gasteiger partial charge in [-0.05, 0) is 47.5 Å². The van der Waals surface area contributed by atoms with Gasteiger partial charge in [0.2, 0.25) is 10.0 Å². The lowest BCUT2D eigenvalue weighted by atomic mass is 10.1. The number of rotatable bonds is 5. The van der Waals surface area contributed by atoms with Crippen LogP contribution in [0.3, 0.4) is 0 Å². The summed E-state index contributed by atoms with van der Waals surface area (Å²) in [5, 5.41) is 5.32. The van der Waals surface area contributed by atoms with Crippen LogP contribution in [0.2, 0.25) is 0 Å². The van der Waals surface area contributed by atoms with Crippen LogP contribution in [0, 0.1) is 0 Å². The SMILES string of the molecule is NS(=O)(=O)c1ccccc1-c1ccc2nc(C=Cc3cccc(OC(F)(F)F)c3)[nH]c2c1. The third-order valence-corrected chi connectivity index (χ3v) is 5.50. The van der Waals surface area contributed by atoms with E-state index in [0.717, 1.165) is 0 Å². The Bertz CT molecular complexity index is 1430. The second-order valence-corrected chi connectivity index (χ2v) is 8.38. The molecule has 0 spiro atoms. The standard InChI is InChI=1S/C22H16F3N3O3S/c23-22(24,25)31-16-5-3-4-14(12-16)8-11-21-27-18-10-9-15(13-19(18)28-21)17-6-1-2-7-20(17)32(26,29)30/h1-13H,(H,27,28)(H2,26,29,30). The smallest absolute Gasteiger partial charge is 0.406 e. The fourth-order valence-corrected chi connectivity index (χ4v) is 3.98. The van der Waals surface area contributed by atoms with E-state index in [4.69, 9.17) is 5.14 Å². The topological polar surface area (TPSA) is 98.1 Å². The van der Waals surface area contributed by atoms with Gasteiger partial charge < -0.3 is 9.72 Å². The number of H-pyrrole nitrogens is 1. The molecule has 0 fully saturated rings. The van der Waals surface area contributed by atoms with Crippen molar-refractivity contribution in [1.29, 1.82) is 0 Å². The highest BCUT2D eigenvalue weighted by Crippen LogP contribution is 2.29. The third-order valence-electron chi connectivity index (χ3n) is 4.53. The number of hydrogen-bond donors (Lipinski definition) is 2. The number of ether oxygens (including phenoxy) is 1. The van der Waals surface area contributed by atoms with E-state index in [9.17, 15) is 21.6 Å². The fourth-order valence-electron chi connectivity index (χ4n) is 3.22. The molecule has 6 nitrogen and oxygen atoms in total. The highest BCUT2D eigenvalue weighted by molar-refractivity contribution is 7.89. The predicted molar refractivity (Wildman–Crippen MR) is 115 cm³/mol. The number of nitrogens with zero attached hydrogens (tertiary/aromatic N) is 1. The summed E-state index contributed by atoms with van der Waals surface area (Å²) in [5.74, 6) is 0.154. The first-order chi connectivity index (χ1) is 15.1. The summed E-state index contributed by atoms with van der Waals surface area (Å²) in [6.07, 6.45) is -1.55. The molecule has 10 heteroatoms. The Balaban J connectivity index is 1.63. The maximum Gasteiger partial charge on any atom is 0.573 e. The van der Waals surface area contributed by atoms with Crippen molar-refractivity contribution in [3.8, 4) is 16.9 Å². The van der Waals surface area contributed by atoms with Crippen LogP contribution in [0.15, 0.2) is 71.6 Å². The van der Waals surface area contributed by atoms with Crippen LogP contribution >= 0.6 is 0 Å². The molecule has 0 aliphatic carbocycles. The van der Waals surface area contributed by atoms with E-state index in [1.165, 1.54) is 24.3 Å². The highest BCUT2D eigenvalue weighted by Gasteiger charge is 2.31. The van der Waals surface area contributed by atoms with Gasteiger partial charge in [-0.25, -0.2) is 18.5 Å². The van der Waals surface area contributed by atoms with Crippen molar-refractivity contribution < 1.29 is 26.3 Å². The second-order valence-electron chi connectivity index (χ2n) is 6.85. The van der Waals surface area contributed by atoms with Crippen LogP contribution in [-0.2, 0) is 10.0 Å². The molecule has 0 radical (unpaired) electrons. The average molecular weight is 459 g/mol. The Morgan fingerprint density at radius 3 is 2.50 bits per heavy atom. The third kappa shape index (κ3) is 4.98. The van der Waals surface area contributed by atoms with Crippen LogP contribution in [0.1, 0.15) is 11.4 Å². The predicted octanol–water partition coefficient (Wildman–Crippen LogP) is 4.95. The summed E-state index contributed by atoms with van der Waals surface area (Å²) in [6, 6.07) is 17.2. The zero-order valence-electron chi connectivity index (χ0n) is 16.3. The normalized spacial score (nSPS) is 12.5. The molecule has 4 rings (SSSR count). The van der Waals surface area contributed by atoms with Crippen molar-refractivity contribution in [2.24, 2.45) is 5.14 Å². The first kappa shape index (κ1) is 21.6. The van der Waals surface area contributed by atoms with Gasteiger partial charge in [-0.2, -0.15) is 0 Å². The van der Waals surface area contributed by atoms with Gasteiger partial charge in [0.1, 0.15) is 11.6 Å². The molecule has 0 bridgehead atoms. The van der Waals surface area contributed by atoms with Gasteiger partial charge in [-0.1, -0.05) is 42.5 Å². The first-order valence-corrected chi connectivity index (χ1v) is 10.8. The van der Waals surface area contributed by atoms with Gasteiger partial charge in [-0.15, -0.1) is 13.2 Å². The molecule has 0 unspecified atom stereocenters. The van der Waals surface area contributed by atoms with E-state index in [-0.39, 0.29) is 10.6 Å². The molecule has 4 aromatic rings. The summed E-state index contributed by atoms with van der Waals surface area (Å²) >= 11 is 0. The number of primary sulfonamides is 1. The monoisotopic (exact) mass is 459 g/mol. The van der Waals surface area contributed by atoms with Gasteiger partial charge >= 0.3 is 6.36 Å². The summed E-state index contributed by atoms with van der Waals surface area (Å²) in [6.45, 7) is 0. The largest absolute Gasteiger partial charge is 0.573 e. The summed E-state index contributed by atoms with van der Waals surface area (Å²) in [4.78, 5) is 7.53. The lowest BCUT2D eigenvalue weighted by Crippen LogP contribution is -2.17. The van der Waals surface area contributed by atoms with E-state index in [1.54, 1.807) is 54.6 Å². The number of halogens is 3. The lowest BCUT2D eigenvalue weighted by molar-refractivity contribution is -0.274. The molecule has 32 heavy (non-hydrogen) atoms. The van der Waals surface area contributed by atoms with Crippen molar-refractivity contribution in [2.75, 3.05) is 0 Å². The van der Waals surface area contributed by atoms with Crippen LogP contribution in [0.5, 0.6) is 5.75 Å². The van der Waals surface area contributed by atoms with Crippen molar-refractivity contribution in [2.45, 2.75) is 11.3 Å². The molecule has 0 aliphatic rings. The molecule has 0 aliphatic heterocycles. The molecule has 1 heterocycles. The summed E-state index contributed by atoms with van der Waals surface area (Å²) in [7, 11) is -3.90. The Hall–Kier alpha value is -3.63. The highest BCUT2D eigenvalue weighted by atomic mass is 32.2. The van der Waals surface area contributed by atoms with E-state index in [2.05, 4.69) is 14.7 Å². The van der Waals surface area contributed by atoms with Gasteiger partial charge in [0.25, 0.3) is 0 Å². The molecule has 3 aromatic carbocycles. The summed E-state index contributed by atoms with van der Waals surface area (Å²) in [5.41, 5.74) is 2.88. The van der Waals surface area contributed by atoms with Gasteiger partial charge in [-0.3, -0.25) is 0 Å². The minimum absolute atomic E-state index is 0.0138. The van der Waals surface area contributed by atoms with Gasteiger partial charge in [0.15, 0.2) is 0 Å². The number of nitrogens with one attached hydrogen (secondary N) is 1. The number of alkyl halides is 3. The van der Waals surface area contributed by atoms with Crippen molar-refractivity contribution in [1.82, 2.24) is 9.97 Å². The number of aromatic nitrogens is 2. The molecule has 3 N–H and O–H groups in total. The number of benzene rings is 3. The van der Waals surface area contributed by atoms with Crippen molar-refractivity contribution >= 4 is 33.2 Å². The lowest BCUT2D eigenvalue weighted by Gasteiger charge is -2.08. The van der Waals surface area contributed by atoms with Gasteiger partial charge in [0, 0.05) is 5.56 Å². The Morgan fingerprint density at radius 1 is 0.969 bits per heavy atom. The number of aromatic amines is 1. The van der Waals surface area contributed by atoms with E-state index >= 15 is 0 Å². The molecule has 0 saturated heterocycles. The Labute approximate surface area is 181 Å². The second kappa shape index (κ2) is 8.13. The van der Waals surface area contributed by atoms with E-state index in [1.807, 2.05) is 0 Å². The van der Waals surface area contributed by atoms with Crippen molar-refractivity contribution in [3.63, 3.8) is 0 Å². The average Bonchev–Trinajstić information content (AvgIpc) is 3.13. The molecule has 0 atom stereocenters. The van der Waals surface area contributed by atoms with Crippen LogP contribution in [-0.4, -0.2) is 24.7 Å². The molecule has 164 valence electrons. The maximum atomic E-state index is 12.4. The zero-order valence-corrected chi connectivity index (χ0v) is 17.1. The molecule has 0 saturated carbocycles.